The number of rotatable bonds is 2. The molecule has 0 aliphatic heterocycles. The maximum atomic E-state index is 10.8. The fraction of sp³-hybridized carbons (Fsp3) is 0. The average Bonchev–Trinajstić information content (AvgIpc) is 3.17. The van der Waals surface area contributed by atoms with Gasteiger partial charge in [-0.05, 0) is 34.7 Å². The van der Waals surface area contributed by atoms with Crippen molar-refractivity contribution in [2.45, 2.75) is 9.79 Å². The maximum absolute atomic E-state index is 10.8. The summed E-state index contributed by atoms with van der Waals surface area (Å²) in [5, 5.41) is 31.5. The Labute approximate surface area is 253 Å². The van der Waals surface area contributed by atoms with Gasteiger partial charge in [0.1, 0.15) is 42.3 Å². The second kappa shape index (κ2) is 10.7. The largest absolute Gasteiger partial charge is 1.00 e. The summed E-state index contributed by atoms with van der Waals surface area (Å²) >= 11 is 0. The van der Waals surface area contributed by atoms with Gasteiger partial charge >= 0.3 is 103 Å². The zero-order chi connectivity index (χ0) is 20.7. The van der Waals surface area contributed by atoms with Gasteiger partial charge in [-0.15, -0.1) is 10.2 Å². The van der Waals surface area contributed by atoms with Crippen molar-refractivity contribution >= 4 is 42.3 Å². The number of hydrogen-bond acceptors (Lipinski definition) is 12. The summed E-state index contributed by atoms with van der Waals surface area (Å²) in [6.07, 6.45) is 0. The summed E-state index contributed by atoms with van der Waals surface area (Å²) in [6, 6.07) is 7.73. The number of nitrogens with zero attached hydrogens (tertiary/aromatic N) is 6. The molecule has 0 spiro atoms. The van der Waals surface area contributed by atoms with E-state index in [1.54, 1.807) is 0 Å². The van der Waals surface area contributed by atoms with E-state index in [0.29, 0.717) is 0 Å². The molecule has 0 atom stereocenters. The number of hydrogen-bond donors (Lipinski definition) is 2. The predicted molar refractivity (Wildman–Crippen MR) is 85.4 cm³/mol. The molecule has 0 unspecified atom stereocenters. The second-order valence-corrected chi connectivity index (χ2v) is 7.81. The summed E-state index contributed by atoms with van der Waals surface area (Å²) in [4.78, 5) is -0.551. The van der Waals surface area contributed by atoms with Crippen molar-refractivity contribution in [1.29, 1.82) is 0 Å². The molecule has 18 heteroatoms. The first kappa shape index (κ1) is 28.0. The Morgan fingerprint density at radius 1 is 0.700 bits per heavy atom. The van der Waals surface area contributed by atoms with Crippen LogP contribution in [0.5, 0.6) is 0 Å². The van der Waals surface area contributed by atoms with Crippen LogP contribution in [0.25, 0.3) is 22.1 Å². The van der Waals surface area contributed by atoms with Crippen LogP contribution in [0, 0.1) is 0 Å². The SMILES string of the molecule is O=S(=O)([O-])c1cccc2nnn(O)c12.O=S(=O)([O-])c1cccc2nnn(O)c12.[K+].[K+]. The van der Waals surface area contributed by atoms with Crippen LogP contribution in [0.2, 0.25) is 0 Å². The number of fused-ring (bicyclic) bond motifs is 2. The van der Waals surface area contributed by atoms with E-state index in [0.717, 1.165) is 12.1 Å². The fourth-order valence-electron chi connectivity index (χ4n) is 2.26. The molecule has 2 heterocycles. The van der Waals surface area contributed by atoms with Gasteiger partial charge in [-0.2, -0.15) is 0 Å². The number of benzene rings is 2. The van der Waals surface area contributed by atoms with Gasteiger partial charge in [0.2, 0.25) is 0 Å². The minimum absolute atomic E-state index is 0. The van der Waals surface area contributed by atoms with E-state index in [4.69, 9.17) is 10.4 Å². The first-order chi connectivity index (χ1) is 13.0. The van der Waals surface area contributed by atoms with Crippen molar-refractivity contribution in [1.82, 2.24) is 30.3 Å². The van der Waals surface area contributed by atoms with Crippen molar-refractivity contribution in [3.8, 4) is 0 Å². The van der Waals surface area contributed by atoms with Crippen LogP contribution in [-0.2, 0) is 20.2 Å². The molecule has 2 aromatic carbocycles. The third-order valence-electron chi connectivity index (χ3n) is 3.37. The molecule has 0 aliphatic carbocycles. The monoisotopic (exact) mass is 506 g/mol. The van der Waals surface area contributed by atoms with E-state index in [-0.39, 0.29) is 135 Å². The van der Waals surface area contributed by atoms with Crippen molar-refractivity contribution in [3.05, 3.63) is 36.4 Å². The summed E-state index contributed by atoms with van der Waals surface area (Å²) < 4.78 is 64.6. The molecule has 0 bridgehead atoms. The molecule has 4 rings (SSSR count). The van der Waals surface area contributed by atoms with Crippen molar-refractivity contribution in [2.24, 2.45) is 0 Å². The Morgan fingerprint density at radius 2 is 1.03 bits per heavy atom. The molecule has 0 aliphatic rings. The minimum atomic E-state index is -4.63. The number of aromatic nitrogens is 6. The normalized spacial score (nSPS) is 11.3. The van der Waals surface area contributed by atoms with Gasteiger partial charge in [-0.3, -0.25) is 0 Å². The van der Waals surface area contributed by atoms with Crippen LogP contribution in [0.1, 0.15) is 0 Å². The minimum Gasteiger partial charge on any atom is -0.744 e. The van der Waals surface area contributed by atoms with Gasteiger partial charge in [0, 0.05) is 0 Å². The fourth-order valence-corrected chi connectivity index (χ4v) is 3.60. The Kier molecular flexibility index (Phi) is 9.97. The first-order valence-corrected chi connectivity index (χ1v) is 9.81. The molecule has 0 saturated heterocycles. The summed E-state index contributed by atoms with van der Waals surface area (Å²) in [7, 11) is -9.27. The molecular formula is C12H8K2N6O8S2. The molecule has 4 aromatic rings. The van der Waals surface area contributed by atoms with E-state index in [9.17, 15) is 25.9 Å². The molecular weight excluding hydrogens is 498 g/mol. The van der Waals surface area contributed by atoms with Crippen molar-refractivity contribution in [3.63, 3.8) is 0 Å². The third-order valence-corrected chi connectivity index (χ3v) is 5.10. The molecule has 14 nitrogen and oxygen atoms in total. The average molecular weight is 507 g/mol. The quantitative estimate of drug-likeness (QED) is 0.147. The van der Waals surface area contributed by atoms with Crippen LogP contribution in [0.15, 0.2) is 46.2 Å². The predicted octanol–water partition coefficient (Wildman–Crippen LogP) is -6.85. The molecule has 2 N–H and O–H groups in total. The van der Waals surface area contributed by atoms with Crippen LogP contribution in [0.3, 0.4) is 0 Å². The van der Waals surface area contributed by atoms with Crippen LogP contribution < -0.4 is 103 Å². The van der Waals surface area contributed by atoms with E-state index in [1.807, 2.05) is 0 Å². The van der Waals surface area contributed by atoms with Crippen molar-refractivity contribution < 1.29 is 139 Å². The molecule has 148 valence electrons. The van der Waals surface area contributed by atoms with Crippen LogP contribution in [-0.4, -0.2) is 66.7 Å². The third kappa shape index (κ3) is 6.04. The Hall–Kier alpha value is -0.0673. The van der Waals surface area contributed by atoms with Gasteiger partial charge in [0.15, 0.2) is 0 Å². The maximum Gasteiger partial charge on any atom is 1.00 e. The second-order valence-electron chi connectivity index (χ2n) is 5.11. The first-order valence-electron chi connectivity index (χ1n) is 6.99. The van der Waals surface area contributed by atoms with Gasteiger partial charge in [-0.25, -0.2) is 16.8 Å². The molecule has 2 aromatic heterocycles. The summed E-state index contributed by atoms with van der Waals surface area (Å²) in [6.45, 7) is 0. The Balaban J connectivity index is 0.000000281. The summed E-state index contributed by atoms with van der Waals surface area (Å²) in [5.41, 5.74) is -0.126. The number of para-hydroxylation sites is 2. The van der Waals surface area contributed by atoms with Crippen LogP contribution in [0.4, 0.5) is 0 Å². The van der Waals surface area contributed by atoms with E-state index in [1.165, 1.54) is 24.3 Å². The Bertz CT molecular complexity index is 1290. The standard InChI is InChI=1S/2C6H5N3O4S.2K/c2*10-9-6-4(7-8-9)2-1-3-5(6)14(11,12)13;;/h2*1-3,10H,(H,11,12,13);;/q;;2*+1/p-2. The van der Waals surface area contributed by atoms with E-state index >= 15 is 0 Å². The molecule has 0 amide bonds. The van der Waals surface area contributed by atoms with Gasteiger partial charge in [0.25, 0.3) is 0 Å². The Morgan fingerprint density at radius 3 is 1.33 bits per heavy atom. The molecule has 30 heavy (non-hydrogen) atoms. The zero-order valence-electron chi connectivity index (χ0n) is 15.3. The molecule has 0 fully saturated rings. The molecule has 0 radical (unpaired) electrons. The van der Waals surface area contributed by atoms with E-state index in [2.05, 4.69) is 20.6 Å². The zero-order valence-corrected chi connectivity index (χ0v) is 23.2. The van der Waals surface area contributed by atoms with Crippen LogP contribution >= 0.6 is 0 Å². The van der Waals surface area contributed by atoms with Gasteiger partial charge in [-0.1, -0.05) is 21.8 Å². The van der Waals surface area contributed by atoms with Crippen molar-refractivity contribution in [2.75, 3.05) is 0 Å². The van der Waals surface area contributed by atoms with Gasteiger partial charge in [0.05, 0.1) is 9.79 Å². The summed E-state index contributed by atoms with van der Waals surface area (Å²) in [5.74, 6) is 0. The smallest absolute Gasteiger partial charge is 0.744 e. The topological polar surface area (TPSA) is 216 Å². The van der Waals surface area contributed by atoms with Gasteiger partial charge < -0.3 is 19.5 Å². The van der Waals surface area contributed by atoms with E-state index < -0.39 is 30.0 Å². The molecule has 0 saturated carbocycles.